The number of benzene rings is 2. The third-order valence-corrected chi connectivity index (χ3v) is 3.69. The molecular weight excluding hydrogens is 340 g/mol. The fourth-order valence-corrected chi connectivity index (χ4v) is 2.50. The maximum absolute atomic E-state index is 12.7. The summed E-state index contributed by atoms with van der Waals surface area (Å²) < 4.78 is 4.79. The molecule has 0 radical (unpaired) electrons. The molecule has 5 nitrogen and oxygen atoms in total. The third kappa shape index (κ3) is 6.12. The number of rotatable bonds is 8. The number of halogens is 1. The fourth-order valence-electron chi connectivity index (χ4n) is 2.42. The number of alkyl halides is 1. The van der Waals surface area contributed by atoms with Crippen molar-refractivity contribution >= 4 is 23.6 Å². The lowest BCUT2D eigenvalue weighted by Crippen LogP contribution is -2.37. The van der Waals surface area contributed by atoms with Gasteiger partial charge >= 0.3 is 6.09 Å². The van der Waals surface area contributed by atoms with E-state index in [4.69, 9.17) is 16.3 Å². The third-order valence-electron chi connectivity index (χ3n) is 3.53. The van der Waals surface area contributed by atoms with Gasteiger partial charge in [-0.25, -0.2) is 4.79 Å². The first-order valence-electron chi connectivity index (χ1n) is 8.06. The lowest BCUT2D eigenvalue weighted by Gasteiger charge is -2.18. The lowest BCUT2D eigenvalue weighted by atomic mass is 9.90. The Morgan fingerprint density at radius 1 is 0.880 bits per heavy atom. The van der Waals surface area contributed by atoms with Crippen molar-refractivity contribution in [2.45, 2.75) is 5.92 Å². The molecule has 0 bridgehead atoms. The molecule has 0 saturated heterocycles. The first-order chi connectivity index (χ1) is 12.2. The molecule has 0 fully saturated rings. The Morgan fingerprint density at radius 3 is 1.92 bits per heavy atom. The molecule has 0 atom stereocenters. The highest BCUT2D eigenvalue weighted by Crippen LogP contribution is 2.24. The molecule has 0 heterocycles. The van der Waals surface area contributed by atoms with Gasteiger partial charge in [0.1, 0.15) is 6.61 Å². The highest BCUT2D eigenvalue weighted by molar-refractivity contribution is 6.18. The van der Waals surface area contributed by atoms with Crippen molar-refractivity contribution in [3.8, 4) is 0 Å². The van der Waals surface area contributed by atoms with E-state index in [1.165, 1.54) is 0 Å². The van der Waals surface area contributed by atoms with Crippen LogP contribution >= 0.6 is 11.6 Å². The number of amides is 2. The van der Waals surface area contributed by atoms with Crippen LogP contribution in [0.4, 0.5) is 4.79 Å². The van der Waals surface area contributed by atoms with E-state index in [0.29, 0.717) is 6.54 Å². The summed E-state index contributed by atoms with van der Waals surface area (Å²) in [6.07, 6.45) is -0.544. The minimum absolute atomic E-state index is 0.117. The molecule has 0 aliphatic rings. The van der Waals surface area contributed by atoms with Crippen molar-refractivity contribution in [3.05, 3.63) is 71.8 Å². The van der Waals surface area contributed by atoms with Crippen LogP contribution in [0.15, 0.2) is 60.7 Å². The summed E-state index contributed by atoms with van der Waals surface area (Å²) in [5, 5.41) is 5.41. The van der Waals surface area contributed by atoms with E-state index in [-0.39, 0.29) is 24.9 Å². The number of alkyl carbamates (subject to hydrolysis) is 1. The number of carbonyl (C=O) groups excluding carboxylic acids is 2. The van der Waals surface area contributed by atoms with Crippen LogP contribution < -0.4 is 10.6 Å². The van der Waals surface area contributed by atoms with Gasteiger partial charge in [-0.05, 0) is 11.1 Å². The second-order valence-electron chi connectivity index (χ2n) is 5.30. The Kier molecular flexibility index (Phi) is 7.79. The van der Waals surface area contributed by atoms with E-state index in [2.05, 4.69) is 10.6 Å². The zero-order valence-corrected chi connectivity index (χ0v) is 14.5. The van der Waals surface area contributed by atoms with Gasteiger partial charge in [-0.1, -0.05) is 60.7 Å². The van der Waals surface area contributed by atoms with Crippen molar-refractivity contribution < 1.29 is 14.3 Å². The van der Waals surface area contributed by atoms with Gasteiger partial charge in [0, 0.05) is 13.1 Å². The van der Waals surface area contributed by atoms with Crippen LogP contribution in [0.5, 0.6) is 0 Å². The molecule has 2 aromatic carbocycles. The van der Waals surface area contributed by atoms with E-state index >= 15 is 0 Å². The van der Waals surface area contributed by atoms with E-state index < -0.39 is 12.0 Å². The minimum atomic E-state index is -0.544. The number of hydrogen-bond donors (Lipinski definition) is 2. The SMILES string of the molecule is O=C(NCCNC(=O)C(c1ccccc1)c1ccccc1)OCCCl. The van der Waals surface area contributed by atoms with Crippen molar-refractivity contribution in [3.63, 3.8) is 0 Å². The van der Waals surface area contributed by atoms with Crippen LogP contribution in [-0.4, -0.2) is 37.6 Å². The summed E-state index contributed by atoms with van der Waals surface area (Å²) in [5.74, 6) is -0.265. The summed E-state index contributed by atoms with van der Waals surface area (Å²) in [4.78, 5) is 24.0. The van der Waals surface area contributed by atoms with Gasteiger partial charge < -0.3 is 15.4 Å². The van der Waals surface area contributed by atoms with Gasteiger partial charge in [-0.15, -0.1) is 11.6 Å². The largest absolute Gasteiger partial charge is 0.448 e. The first kappa shape index (κ1) is 18.8. The van der Waals surface area contributed by atoms with Crippen LogP contribution in [0.1, 0.15) is 17.0 Å². The molecule has 0 aliphatic carbocycles. The maximum atomic E-state index is 12.7. The Labute approximate surface area is 152 Å². The lowest BCUT2D eigenvalue weighted by molar-refractivity contribution is -0.121. The number of nitrogens with one attached hydrogen (secondary N) is 2. The van der Waals surface area contributed by atoms with Crippen LogP contribution in [-0.2, 0) is 9.53 Å². The molecule has 2 N–H and O–H groups in total. The average Bonchev–Trinajstić information content (AvgIpc) is 2.65. The normalized spacial score (nSPS) is 10.3. The summed E-state index contributed by atoms with van der Waals surface area (Å²) >= 11 is 5.44. The minimum Gasteiger partial charge on any atom is -0.448 e. The summed E-state index contributed by atoms with van der Waals surface area (Å²) in [7, 11) is 0. The summed E-state index contributed by atoms with van der Waals surface area (Å²) in [6.45, 7) is 0.748. The molecule has 0 unspecified atom stereocenters. The Morgan fingerprint density at radius 2 is 1.40 bits per heavy atom. The quantitative estimate of drug-likeness (QED) is 0.562. The standard InChI is InChI=1S/C19H21ClN2O3/c20-11-14-25-19(24)22-13-12-21-18(23)17(15-7-3-1-4-8-15)16-9-5-2-6-10-16/h1-10,17H,11-14H2,(H,21,23)(H,22,24). The van der Waals surface area contributed by atoms with Crippen LogP contribution in [0.3, 0.4) is 0 Å². The van der Waals surface area contributed by atoms with Gasteiger partial charge in [0.25, 0.3) is 0 Å². The number of ether oxygens (including phenoxy) is 1. The monoisotopic (exact) mass is 360 g/mol. The molecule has 0 aliphatic heterocycles. The Hall–Kier alpha value is -2.53. The summed E-state index contributed by atoms with van der Waals surface area (Å²) in [5.41, 5.74) is 1.83. The number of carbonyl (C=O) groups is 2. The molecule has 0 aromatic heterocycles. The molecule has 2 aromatic rings. The molecule has 6 heteroatoms. The predicted molar refractivity (Wildman–Crippen MR) is 97.8 cm³/mol. The zero-order valence-electron chi connectivity index (χ0n) is 13.8. The van der Waals surface area contributed by atoms with Crippen LogP contribution in [0, 0.1) is 0 Å². The smallest absolute Gasteiger partial charge is 0.407 e. The van der Waals surface area contributed by atoms with Crippen molar-refractivity contribution in [2.75, 3.05) is 25.6 Å². The molecular formula is C19H21ClN2O3. The van der Waals surface area contributed by atoms with E-state index in [1.807, 2.05) is 60.7 Å². The molecule has 25 heavy (non-hydrogen) atoms. The average molecular weight is 361 g/mol. The number of hydrogen-bond acceptors (Lipinski definition) is 3. The van der Waals surface area contributed by atoms with Crippen molar-refractivity contribution in [2.24, 2.45) is 0 Å². The summed E-state index contributed by atoms with van der Waals surface area (Å²) in [6, 6.07) is 19.2. The maximum Gasteiger partial charge on any atom is 0.407 e. The zero-order chi connectivity index (χ0) is 17.9. The van der Waals surface area contributed by atoms with Gasteiger partial charge in [0.15, 0.2) is 0 Å². The van der Waals surface area contributed by atoms with Crippen LogP contribution in [0.2, 0.25) is 0 Å². The second-order valence-corrected chi connectivity index (χ2v) is 5.68. The molecule has 2 rings (SSSR count). The fraction of sp³-hybridized carbons (Fsp3) is 0.263. The van der Waals surface area contributed by atoms with Crippen LogP contribution in [0.25, 0.3) is 0 Å². The second kappa shape index (κ2) is 10.4. The van der Waals surface area contributed by atoms with Gasteiger partial charge in [-0.3, -0.25) is 4.79 Å². The Balaban J connectivity index is 1.94. The van der Waals surface area contributed by atoms with Gasteiger partial charge in [0.2, 0.25) is 5.91 Å². The van der Waals surface area contributed by atoms with Crippen molar-refractivity contribution in [1.82, 2.24) is 10.6 Å². The van der Waals surface area contributed by atoms with E-state index in [0.717, 1.165) is 11.1 Å². The Bertz CT molecular complexity index is 625. The highest BCUT2D eigenvalue weighted by atomic mass is 35.5. The topological polar surface area (TPSA) is 67.4 Å². The van der Waals surface area contributed by atoms with Gasteiger partial charge in [0.05, 0.1) is 11.8 Å². The first-order valence-corrected chi connectivity index (χ1v) is 8.60. The molecule has 132 valence electrons. The highest BCUT2D eigenvalue weighted by Gasteiger charge is 2.21. The molecule has 0 spiro atoms. The molecule has 2 amide bonds. The van der Waals surface area contributed by atoms with Gasteiger partial charge in [-0.2, -0.15) is 0 Å². The molecule has 0 saturated carbocycles. The van der Waals surface area contributed by atoms with E-state index in [1.54, 1.807) is 0 Å². The predicted octanol–water partition coefficient (Wildman–Crippen LogP) is 2.90. The van der Waals surface area contributed by atoms with Crippen molar-refractivity contribution in [1.29, 1.82) is 0 Å². The van der Waals surface area contributed by atoms with E-state index in [9.17, 15) is 9.59 Å².